The quantitative estimate of drug-likeness (QED) is 0.504. The summed E-state index contributed by atoms with van der Waals surface area (Å²) < 4.78 is 12.4. The van der Waals surface area contributed by atoms with E-state index in [0.717, 1.165) is 20.1 Å². The zero-order valence-corrected chi connectivity index (χ0v) is 17.3. The third-order valence-electron chi connectivity index (χ3n) is 3.48. The summed E-state index contributed by atoms with van der Waals surface area (Å²) in [5.74, 6) is 0.940. The first kappa shape index (κ1) is 19.5. The fourth-order valence-corrected chi connectivity index (χ4v) is 3.47. The van der Waals surface area contributed by atoms with Gasteiger partial charge >= 0.3 is 0 Å². The van der Waals surface area contributed by atoms with E-state index in [1.807, 2.05) is 44.2 Å². The minimum absolute atomic E-state index is 0.112. The van der Waals surface area contributed by atoms with Crippen molar-refractivity contribution in [2.45, 2.75) is 13.8 Å². The number of carbonyl (C=O) groups excluding carboxylic acids is 1. The Kier molecular flexibility index (Phi) is 7.01. The molecule has 0 aliphatic rings. The second kappa shape index (κ2) is 9.01. The summed E-state index contributed by atoms with van der Waals surface area (Å²) in [6.45, 7) is 3.91. The van der Waals surface area contributed by atoms with Gasteiger partial charge in [-0.05, 0) is 65.2 Å². The van der Waals surface area contributed by atoms with Crippen molar-refractivity contribution in [3.8, 4) is 11.5 Å². The summed E-state index contributed by atoms with van der Waals surface area (Å²) in [6.07, 6.45) is 1.52. The van der Waals surface area contributed by atoms with E-state index in [9.17, 15) is 4.79 Å². The maximum atomic E-state index is 11.8. The first-order valence-electron chi connectivity index (χ1n) is 7.45. The Labute approximate surface area is 163 Å². The van der Waals surface area contributed by atoms with Crippen LogP contribution in [-0.4, -0.2) is 25.8 Å². The van der Waals surface area contributed by atoms with Crippen LogP contribution < -0.4 is 14.9 Å². The number of hydrogen-bond acceptors (Lipinski definition) is 4. The summed E-state index contributed by atoms with van der Waals surface area (Å²) in [4.78, 5) is 11.8. The van der Waals surface area contributed by atoms with Crippen molar-refractivity contribution in [1.82, 2.24) is 5.43 Å². The molecule has 2 rings (SSSR count). The molecular formula is C18H18Br2N2O3. The fourth-order valence-electron chi connectivity index (χ4n) is 2.05. The summed E-state index contributed by atoms with van der Waals surface area (Å²) >= 11 is 6.82. The van der Waals surface area contributed by atoms with Crippen LogP contribution in [-0.2, 0) is 4.79 Å². The number of halogens is 2. The van der Waals surface area contributed by atoms with Crippen molar-refractivity contribution in [2.24, 2.45) is 5.10 Å². The molecule has 0 saturated heterocycles. The van der Waals surface area contributed by atoms with Crippen LogP contribution in [0.3, 0.4) is 0 Å². The third-order valence-corrected chi connectivity index (χ3v) is 4.53. The highest BCUT2D eigenvalue weighted by atomic mass is 79.9. The SMILES string of the molecule is COc1c(Br)cc(Br)cc1/C=N\NC(=O)COc1ccc(C)c(C)c1. The minimum atomic E-state index is -0.345. The highest BCUT2D eigenvalue weighted by molar-refractivity contribution is 9.11. The van der Waals surface area contributed by atoms with Gasteiger partial charge in [-0.15, -0.1) is 0 Å². The molecule has 0 radical (unpaired) electrons. The second-order valence-electron chi connectivity index (χ2n) is 5.34. The first-order chi connectivity index (χ1) is 11.9. The van der Waals surface area contributed by atoms with Gasteiger partial charge in [0.15, 0.2) is 6.61 Å². The van der Waals surface area contributed by atoms with E-state index >= 15 is 0 Å². The Hall–Kier alpha value is -1.86. The Morgan fingerprint density at radius 2 is 1.96 bits per heavy atom. The molecule has 2 aromatic rings. The number of hydrogen-bond donors (Lipinski definition) is 1. The number of amides is 1. The van der Waals surface area contributed by atoms with Crippen molar-refractivity contribution in [2.75, 3.05) is 13.7 Å². The molecule has 0 unspecified atom stereocenters. The summed E-state index contributed by atoms with van der Waals surface area (Å²) in [6, 6.07) is 9.40. The van der Waals surface area contributed by atoms with Gasteiger partial charge in [0.25, 0.3) is 5.91 Å². The molecule has 1 N–H and O–H groups in total. The van der Waals surface area contributed by atoms with Gasteiger partial charge in [-0.25, -0.2) is 5.43 Å². The molecule has 0 heterocycles. The third kappa shape index (κ3) is 5.57. The average molecular weight is 470 g/mol. The molecule has 0 aliphatic carbocycles. The molecule has 2 aromatic carbocycles. The van der Waals surface area contributed by atoms with Crippen molar-refractivity contribution >= 4 is 44.0 Å². The van der Waals surface area contributed by atoms with Crippen LogP contribution in [0, 0.1) is 13.8 Å². The average Bonchev–Trinajstić information content (AvgIpc) is 2.55. The van der Waals surface area contributed by atoms with Crippen molar-refractivity contribution < 1.29 is 14.3 Å². The Morgan fingerprint density at radius 3 is 2.64 bits per heavy atom. The molecule has 1 amide bonds. The van der Waals surface area contributed by atoms with E-state index in [0.29, 0.717) is 11.5 Å². The summed E-state index contributed by atoms with van der Waals surface area (Å²) in [7, 11) is 1.57. The molecule has 7 heteroatoms. The van der Waals surface area contributed by atoms with Gasteiger partial charge in [0.2, 0.25) is 0 Å². The second-order valence-corrected chi connectivity index (χ2v) is 7.11. The standard InChI is InChI=1S/C18H18Br2N2O3/c1-11-4-5-15(6-12(11)2)25-10-17(23)22-21-9-13-7-14(19)8-16(20)18(13)24-3/h4-9H,10H2,1-3H3,(H,22,23)/b21-9-. The largest absolute Gasteiger partial charge is 0.495 e. The maximum Gasteiger partial charge on any atom is 0.277 e. The number of ether oxygens (including phenoxy) is 2. The van der Waals surface area contributed by atoms with Crippen LogP contribution in [0.15, 0.2) is 44.4 Å². The number of rotatable bonds is 6. The van der Waals surface area contributed by atoms with Gasteiger partial charge in [0, 0.05) is 10.0 Å². The number of methoxy groups -OCH3 is 1. The lowest BCUT2D eigenvalue weighted by Crippen LogP contribution is -2.24. The van der Waals surface area contributed by atoms with Crippen LogP contribution in [0.5, 0.6) is 11.5 Å². The van der Waals surface area contributed by atoms with Crippen LogP contribution in [0.1, 0.15) is 16.7 Å². The van der Waals surface area contributed by atoms with Gasteiger partial charge in [0.05, 0.1) is 17.8 Å². The van der Waals surface area contributed by atoms with Crippen molar-refractivity contribution in [3.05, 3.63) is 56.0 Å². The van der Waals surface area contributed by atoms with E-state index < -0.39 is 0 Å². The molecule has 5 nitrogen and oxygen atoms in total. The molecule has 0 aromatic heterocycles. The lowest BCUT2D eigenvalue weighted by atomic mass is 10.1. The van der Waals surface area contributed by atoms with Gasteiger partial charge in [-0.2, -0.15) is 5.10 Å². The number of aryl methyl sites for hydroxylation is 2. The van der Waals surface area contributed by atoms with Crippen molar-refractivity contribution in [3.63, 3.8) is 0 Å². The van der Waals surface area contributed by atoms with E-state index in [1.165, 1.54) is 11.8 Å². The Morgan fingerprint density at radius 1 is 1.20 bits per heavy atom. The predicted molar refractivity (Wildman–Crippen MR) is 106 cm³/mol. The van der Waals surface area contributed by atoms with Crippen LogP contribution in [0.4, 0.5) is 0 Å². The van der Waals surface area contributed by atoms with E-state index in [4.69, 9.17) is 9.47 Å². The molecule has 132 valence electrons. The Bertz CT molecular complexity index is 807. The molecule has 0 atom stereocenters. The number of hydrazone groups is 1. The normalized spacial score (nSPS) is 10.8. The van der Waals surface area contributed by atoms with Crippen LogP contribution >= 0.6 is 31.9 Å². The molecule has 0 spiro atoms. The van der Waals surface area contributed by atoms with Crippen LogP contribution in [0.25, 0.3) is 0 Å². The highest BCUT2D eigenvalue weighted by Crippen LogP contribution is 2.31. The minimum Gasteiger partial charge on any atom is -0.495 e. The van der Waals surface area contributed by atoms with Gasteiger partial charge < -0.3 is 9.47 Å². The topological polar surface area (TPSA) is 59.9 Å². The molecule has 0 saturated carbocycles. The van der Waals surface area contributed by atoms with E-state index in [2.05, 4.69) is 42.4 Å². The lowest BCUT2D eigenvalue weighted by molar-refractivity contribution is -0.123. The van der Waals surface area contributed by atoms with Crippen LogP contribution in [0.2, 0.25) is 0 Å². The van der Waals surface area contributed by atoms with E-state index in [-0.39, 0.29) is 12.5 Å². The molecular weight excluding hydrogens is 452 g/mol. The summed E-state index contributed by atoms with van der Waals surface area (Å²) in [5.41, 5.74) is 5.45. The van der Waals surface area contributed by atoms with Gasteiger partial charge in [0.1, 0.15) is 11.5 Å². The molecule has 25 heavy (non-hydrogen) atoms. The summed E-state index contributed by atoms with van der Waals surface area (Å²) in [5, 5.41) is 3.95. The van der Waals surface area contributed by atoms with Crippen molar-refractivity contribution in [1.29, 1.82) is 0 Å². The van der Waals surface area contributed by atoms with E-state index in [1.54, 1.807) is 7.11 Å². The Balaban J connectivity index is 1.93. The number of nitrogens with one attached hydrogen (secondary N) is 1. The lowest BCUT2D eigenvalue weighted by Gasteiger charge is -2.08. The van der Waals surface area contributed by atoms with Gasteiger partial charge in [-0.3, -0.25) is 4.79 Å². The number of nitrogens with zero attached hydrogens (tertiary/aromatic N) is 1. The van der Waals surface area contributed by atoms with Gasteiger partial charge in [-0.1, -0.05) is 22.0 Å². The predicted octanol–water partition coefficient (Wildman–Crippen LogP) is 4.37. The highest BCUT2D eigenvalue weighted by Gasteiger charge is 2.08. The maximum absolute atomic E-state index is 11.8. The number of benzene rings is 2. The first-order valence-corrected chi connectivity index (χ1v) is 9.04. The zero-order chi connectivity index (χ0) is 18.4. The smallest absolute Gasteiger partial charge is 0.277 e. The molecule has 0 bridgehead atoms. The zero-order valence-electron chi connectivity index (χ0n) is 14.1. The molecule has 0 fully saturated rings. The monoisotopic (exact) mass is 468 g/mol. The fraction of sp³-hybridized carbons (Fsp3) is 0.222. The number of carbonyl (C=O) groups is 1. The molecule has 0 aliphatic heterocycles.